The topological polar surface area (TPSA) is 78.5 Å². The highest BCUT2D eigenvalue weighted by atomic mass is 16.5. The summed E-state index contributed by atoms with van der Waals surface area (Å²) in [4.78, 5) is 22.2. The largest absolute Gasteiger partial charge is 0.453 e. The Kier molecular flexibility index (Phi) is 5.72. The van der Waals surface area contributed by atoms with Crippen molar-refractivity contribution in [2.75, 3.05) is 6.54 Å². The van der Waals surface area contributed by atoms with Crippen LogP contribution >= 0.6 is 0 Å². The Hall–Kier alpha value is -2.08. The second-order valence-electron chi connectivity index (χ2n) is 7.26. The monoisotopic (exact) mass is 347 g/mol. The summed E-state index contributed by atoms with van der Waals surface area (Å²) in [6.07, 6.45) is 3.13. The molecule has 2 N–H and O–H groups in total. The molecule has 0 radical (unpaired) electrons. The van der Waals surface area contributed by atoms with Gasteiger partial charge in [0.05, 0.1) is 24.3 Å². The zero-order chi connectivity index (χ0) is 18.8. The Morgan fingerprint density at radius 3 is 2.64 bits per heavy atom. The van der Waals surface area contributed by atoms with Crippen molar-refractivity contribution in [2.45, 2.75) is 66.5 Å². The lowest BCUT2D eigenvalue weighted by Gasteiger charge is -2.30. The van der Waals surface area contributed by atoms with E-state index in [2.05, 4.69) is 9.97 Å². The lowest BCUT2D eigenvalue weighted by Crippen LogP contribution is -2.38. The third-order valence-corrected chi connectivity index (χ3v) is 4.39. The Balaban J connectivity index is 2.27. The van der Waals surface area contributed by atoms with Gasteiger partial charge in [-0.05, 0) is 52.2 Å². The van der Waals surface area contributed by atoms with Gasteiger partial charge in [-0.25, -0.2) is 4.98 Å². The number of imidazole rings is 1. The first-order valence-corrected chi connectivity index (χ1v) is 8.73. The van der Waals surface area contributed by atoms with Crippen molar-refractivity contribution >= 4 is 5.91 Å². The maximum atomic E-state index is 13.0. The van der Waals surface area contributed by atoms with Crippen LogP contribution in [0.2, 0.25) is 0 Å². The highest BCUT2D eigenvalue weighted by Crippen LogP contribution is 2.28. The van der Waals surface area contributed by atoms with Crippen molar-refractivity contribution in [3.63, 3.8) is 0 Å². The van der Waals surface area contributed by atoms with Crippen LogP contribution in [0.1, 0.15) is 59.4 Å². The van der Waals surface area contributed by atoms with E-state index in [0.717, 1.165) is 35.4 Å². The van der Waals surface area contributed by atoms with Gasteiger partial charge in [0.2, 0.25) is 0 Å². The first-order chi connectivity index (χ1) is 11.6. The second kappa shape index (κ2) is 7.44. The average Bonchev–Trinajstić information content (AvgIpc) is 3.00. The van der Waals surface area contributed by atoms with Crippen molar-refractivity contribution in [3.8, 4) is 0 Å². The number of allylic oxidation sites excluding steroid dienone is 2. The molecule has 0 bridgehead atoms. The molecule has 1 aromatic rings. The van der Waals surface area contributed by atoms with Crippen LogP contribution in [0.25, 0.3) is 0 Å². The van der Waals surface area contributed by atoms with Crippen molar-refractivity contribution in [3.05, 3.63) is 40.4 Å². The molecule has 0 aliphatic carbocycles. The first-order valence-electron chi connectivity index (χ1n) is 8.73. The number of H-pyrrole nitrogens is 1. The zero-order valence-electron chi connectivity index (χ0n) is 16.1. The minimum Gasteiger partial charge on any atom is -0.453 e. The highest BCUT2D eigenvalue weighted by molar-refractivity contribution is 5.92. The molecular formula is C19H29N3O3. The normalized spacial score (nSPS) is 15.4. The van der Waals surface area contributed by atoms with Crippen molar-refractivity contribution < 1.29 is 14.6 Å². The Bertz CT molecular complexity index is 704. The highest BCUT2D eigenvalue weighted by Gasteiger charge is 2.31. The fourth-order valence-corrected chi connectivity index (χ4v) is 2.89. The molecule has 0 fully saturated rings. The number of carbonyl (C=O) groups is 1. The van der Waals surface area contributed by atoms with Gasteiger partial charge in [0, 0.05) is 13.0 Å². The van der Waals surface area contributed by atoms with Crippen LogP contribution in [0, 0.1) is 0 Å². The molecule has 25 heavy (non-hydrogen) atoms. The number of aromatic amines is 1. The van der Waals surface area contributed by atoms with E-state index >= 15 is 0 Å². The molecule has 0 saturated heterocycles. The maximum absolute atomic E-state index is 13.0. The number of amides is 1. The van der Waals surface area contributed by atoms with E-state index in [9.17, 15) is 9.90 Å². The summed E-state index contributed by atoms with van der Waals surface area (Å²) in [6.45, 7) is 12.0. The van der Waals surface area contributed by atoms with E-state index in [1.807, 2.05) is 27.7 Å². The lowest BCUT2D eigenvalue weighted by atomic mass is 10.0. The van der Waals surface area contributed by atoms with Crippen LogP contribution in [0.5, 0.6) is 0 Å². The molecule has 2 rings (SSSR count). The van der Waals surface area contributed by atoms with Gasteiger partial charge < -0.3 is 19.7 Å². The molecule has 1 amide bonds. The van der Waals surface area contributed by atoms with Crippen LogP contribution in [0.15, 0.2) is 29.0 Å². The molecule has 0 unspecified atom stereocenters. The molecule has 1 aliphatic rings. The van der Waals surface area contributed by atoms with E-state index in [-0.39, 0.29) is 11.7 Å². The van der Waals surface area contributed by atoms with E-state index in [1.54, 1.807) is 25.1 Å². The number of hydrogen-bond donors (Lipinski definition) is 2. The molecule has 0 aromatic carbocycles. The number of rotatable bonds is 5. The summed E-state index contributed by atoms with van der Waals surface area (Å²) in [5, 5.41) is 10.5. The number of carbonyl (C=O) groups excluding carboxylic acids is 1. The predicted octanol–water partition coefficient (Wildman–Crippen LogP) is 3.06. The van der Waals surface area contributed by atoms with Crippen LogP contribution < -0.4 is 0 Å². The Labute approximate surface area is 149 Å². The number of aliphatic hydroxyl groups is 1. The minimum absolute atomic E-state index is 0.161. The van der Waals surface area contributed by atoms with Crippen molar-refractivity contribution in [2.24, 2.45) is 0 Å². The number of ether oxygens (including phenoxy) is 1. The van der Waals surface area contributed by atoms with Crippen molar-refractivity contribution in [1.29, 1.82) is 0 Å². The van der Waals surface area contributed by atoms with Crippen molar-refractivity contribution in [1.82, 2.24) is 14.9 Å². The number of nitrogens with zero attached hydrogens (tertiary/aromatic N) is 2. The van der Waals surface area contributed by atoms with Gasteiger partial charge in [-0.15, -0.1) is 0 Å². The fraction of sp³-hybridized carbons (Fsp3) is 0.579. The SMILES string of the molecule is CC/C(C)=C(\OC(C(=O)N1CCc2nc[nH]c2C1)=C(C)C)C(C)(C)O. The number of nitrogens with one attached hydrogen (secondary N) is 1. The van der Waals surface area contributed by atoms with Crippen LogP contribution in [0.3, 0.4) is 0 Å². The number of hydrogen-bond acceptors (Lipinski definition) is 4. The predicted molar refractivity (Wildman–Crippen MR) is 96.5 cm³/mol. The van der Waals surface area contributed by atoms with Gasteiger partial charge in [0.25, 0.3) is 5.91 Å². The second-order valence-corrected chi connectivity index (χ2v) is 7.26. The van der Waals surface area contributed by atoms with Crippen LogP contribution in [0.4, 0.5) is 0 Å². The third-order valence-electron chi connectivity index (χ3n) is 4.39. The average molecular weight is 347 g/mol. The zero-order valence-corrected chi connectivity index (χ0v) is 16.1. The molecule has 1 aromatic heterocycles. The summed E-state index contributed by atoms with van der Waals surface area (Å²) in [5.74, 6) is 0.567. The smallest absolute Gasteiger partial charge is 0.289 e. The quantitative estimate of drug-likeness (QED) is 0.634. The molecule has 6 heteroatoms. The summed E-state index contributed by atoms with van der Waals surface area (Å²) < 4.78 is 6.01. The summed E-state index contributed by atoms with van der Waals surface area (Å²) in [7, 11) is 0. The maximum Gasteiger partial charge on any atom is 0.289 e. The Morgan fingerprint density at radius 1 is 1.40 bits per heavy atom. The van der Waals surface area contributed by atoms with Gasteiger partial charge in [-0.1, -0.05) is 6.92 Å². The molecule has 0 saturated carbocycles. The molecule has 0 atom stereocenters. The van der Waals surface area contributed by atoms with Gasteiger partial charge in [-0.3, -0.25) is 4.79 Å². The summed E-state index contributed by atoms with van der Waals surface area (Å²) in [6, 6.07) is 0. The molecule has 1 aliphatic heterocycles. The van der Waals surface area contributed by atoms with E-state index < -0.39 is 5.60 Å². The molecule has 6 nitrogen and oxygen atoms in total. The van der Waals surface area contributed by atoms with E-state index in [4.69, 9.17) is 4.74 Å². The standard InChI is InChI=1S/C19H29N3O3/c1-7-13(4)17(19(5,6)24)25-16(12(2)3)18(23)22-9-8-14-15(10-22)21-11-20-14/h11,24H,7-10H2,1-6H3,(H,20,21)/b17-13-. The van der Waals surface area contributed by atoms with Gasteiger partial charge >= 0.3 is 0 Å². The molecular weight excluding hydrogens is 318 g/mol. The van der Waals surface area contributed by atoms with Crippen LogP contribution in [-0.4, -0.2) is 38.0 Å². The van der Waals surface area contributed by atoms with Gasteiger partial charge in [0.1, 0.15) is 11.4 Å². The van der Waals surface area contributed by atoms with E-state index in [0.29, 0.717) is 18.8 Å². The number of aromatic nitrogens is 2. The first kappa shape index (κ1) is 19.2. The van der Waals surface area contributed by atoms with E-state index in [1.165, 1.54) is 0 Å². The number of fused-ring (bicyclic) bond motifs is 1. The minimum atomic E-state index is -1.15. The molecule has 138 valence electrons. The Morgan fingerprint density at radius 2 is 2.08 bits per heavy atom. The third kappa shape index (κ3) is 4.31. The lowest BCUT2D eigenvalue weighted by molar-refractivity contribution is -0.131. The summed E-state index contributed by atoms with van der Waals surface area (Å²) >= 11 is 0. The molecule has 0 spiro atoms. The van der Waals surface area contributed by atoms with Crippen LogP contribution in [-0.2, 0) is 22.5 Å². The van der Waals surface area contributed by atoms with Gasteiger partial charge in [-0.2, -0.15) is 0 Å². The summed E-state index contributed by atoms with van der Waals surface area (Å²) in [5.41, 5.74) is 2.54. The van der Waals surface area contributed by atoms with Gasteiger partial charge in [0.15, 0.2) is 5.76 Å². The molecule has 2 heterocycles. The fourth-order valence-electron chi connectivity index (χ4n) is 2.89.